The molecule has 0 amide bonds. The van der Waals surface area contributed by atoms with Gasteiger partial charge in [-0.2, -0.15) is 0 Å². The molecule has 1 aromatic carbocycles. The van der Waals surface area contributed by atoms with Gasteiger partial charge < -0.3 is 10.6 Å². The average Bonchev–Trinajstić information content (AvgIpc) is 2.48. The number of aromatic nitrogens is 1. The minimum absolute atomic E-state index is 0.0605. The number of rotatable bonds is 3. The molecule has 2 heterocycles. The molecule has 2 aromatic rings. The lowest BCUT2D eigenvalue weighted by atomic mass is 9.94. The normalized spacial score (nSPS) is 17.4. The Morgan fingerprint density at radius 3 is 2.80 bits per heavy atom. The van der Waals surface area contributed by atoms with Gasteiger partial charge in [0.05, 0.1) is 6.04 Å². The fourth-order valence-corrected chi connectivity index (χ4v) is 3.17. The van der Waals surface area contributed by atoms with Gasteiger partial charge in [0.25, 0.3) is 0 Å². The van der Waals surface area contributed by atoms with Gasteiger partial charge in [0.2, 0.25) is 0 Å². The lowest BCUT2D eigenvalue weighted by Gasteiger charge is -2.40. The van der Waals surface area contributed by atoms with E-state index in [1.165, 1.54) is 23.2 Å². The number of hydrogen-bond donors (Lipinski definition) is 1. The minimum atomic E-state index is 0.0605. The number of hydrogen-bond acceptors (Lipinski definition) is 3. The second kappa shape index (κ2) is 5.63. The molecule has 0 bridgehead atoms. The molecule has 1 aliphatic rings. The maximum atomic E-state index is 6.29. The Morgan fingerprint density at radius 1 is 1.20 bits per heavy atom. The molecule has 0 radical (unpaired) electrons. The summed E-state index contributed by atoms with van der Waals surface area (Å²) in [6.07, 6.45) is 6.09. The minimum Gasteiger partial charge on any atom is -0.363 e. The lowest BCUT2D eigenvalue weighted by Crippen LogP contribution is -2.42. The van der Waals surface area contributed by atoms with Crippen LogP contribution in [0.25, 0.3) is 0 Å². The Bertz CT molecular complexity index is 565. The van der Waals surface area contributed by atoms with Crippen LogP contribution in [0, 0.1) is 0 Å². The zero-order valence-corrected chi connectivity index (χ0v) is 11.9. The smallest absolute Gasteiger partial charge is 0.0705 e. The van der Waals surface area contributed by atoms with Crippen LogP contribution in [0.1, 0.15) is 30.5 Å². The van der Waals surface area contributed by atoms with Crippen molar-refractivity contribution >= 4 is 5.69 Å². The predicted octanol–water partition coefficient (Wildman–Crippen LogP) is 2.92. The van der Waals surface area contributed by atoms with Gasteiger partial charge in [-0.3, -0.25) is 4.98 Å². The van der Waals surface area contributed by atoms with Crippen LogP contribution in [-0.2, 0) is 6.42 Å². The summed E-state index contributed by atoms with van der Waals surface area (Å²) in [5, 5.41) is 0. The highest BCUT2D eigenvalue weighted by Crippen LogP contribution is 2.35. The molecule has 2 unspecified atom stereocenters. The molecule has 3 nitrogen and oxygen atoms in total. The summed E-state index contributed by atoms with van der Waals surface area (Å²) in [4.78, 5) is 6.70. The molecule has 2 N–H and O–H groups in total. The first-order valence-electron chi connectivity index (χ1n) is 7.27. The van der Waals surface area contributed by atoms with Crippen molar-refractivity contribution in [3.8, 4) is 0 Å². The van der Waals surface area contributed by atoms with Gasteiger partial charge in [0.1, 0.15) is 0 Å². The van der Waals surface area contributed by atoms with Crippen molar-refractivity contribution in [2.45, 2.75) is 31.8 Å². The second-order valence-electron chi connectivity index (χ2n) is 5.52. The van der Waals surface area contributed by atoms with E-state index in [1.54, 1.807) is 0 Å². The van der Waals surface area contributed by atoms with Crippen molar-refractivity contribution in [3.05, 3.63) is 59.9 Å². The van der Waals surface area contributed by atoms with E-state index < -0.39 is 0 Å². The molecule has 0 fully saturated rings. The molecule has 20 heavy (non-hydrogen) atoms. The van der Waals surface area contributed by atoms with Crippen LogP contribution in [0.4, 0.5) is 5.69 Å². The summed E-state index contributed by atoms with van der Waals surface area (Å²) in [5.74, 6) is 0. The van der Waals surface area contributed by atoms with Gasteiger partial charge in [0, 0.05) is 30.7 Å². The van der Waals surface area contributed by atoms with Gasteiger partial charge in [-0.1, -0.05) is 24.3 Å². The molecule has 2 atom stereocenters. The van der Waals surface area contributed by atoms with Crippen molar-refractivity contribution in [1.82, 2.24) is 4.98 Å². The zero-order valence-electron chi connectivity index (χ0n) is 11.9. The molecular weight excluding hydrogens is 246 g/mol. The maximum absolute atomic E-state index is 6.29. The van der Waals surface area contributed by atoms with Crippen LogP contribution in [0.3, 0.4) is 0 Å². The van der Waals surface area contributed by atoms with Crippen LogP contribution in [-0.4, -0.2) is 17.6 Å². The SMILES string of the molecule is CC(N)C(c1cccnc1)N1CCCc2ccccc21. The molecular formula is C17H21N3. The Hall–Kier alpha value is -1.87. The Balaban J connectivity index is 2.02. The highest BCUT2D eigenvalue weighted by molar-refractivity contribution is 5.57. The van der Waals surface area contributed by atoms with Crippen LogP contribution in [0.15, 0.2) is 48.8 Å². The van der Waals surface area contributed by atoms with Gasteiger partial charge in [-0.25, -0.2) is 0 Å². The van der Waals surface area contributed by atoms with Crippen molar-refractivity contribution in [1.29, 1.82) is 0 Å². The van der Waals surface area contributed by atoms with Crippen molar-refractivity contribution in [3.63, 3.8) is 0 Å². The average molecular weight is 267 g/mol. The van der Waals surface area contributed by atoms with Crippen molar-refractivity contribution in [2.75, 3.05) is 11.4 Å². The van der Waals surface area contributed by atoms with Gasteiger partial charge in [-0.05, 0) is 43.0 Å². The number of fused-ring (bicyclic) bond motifs is 1. The number of aryl methyl sites for hydroxylation is 1. The second-order valence-corrected chi connectivity index (χ2v) is 5.52. The highest BCUT2D eigenvalue weighted by atomic mass is 15.2. The van der Waals surface area contributed by atoms with Crippen LogP contribution in [0.2, 0.25) is 0 Å². The maximum Gasteiger partial charge on any atom is 0.0705 e. The van der Waals surface area contributed by atoms with Crippen molar-refractivity contribution in [2.24, 2.45) is 5.73 Å². The van der Waals surface area contributed by atoms with Crippen LogP contribution < -0.4 is 10.6 Å². The third kappa shape index (κ3) is 2.41. The van der Waals surface area contributed by atoms with E-state index in [9.17, 15) is 0 Å². The summed E-state index contributed by atoms with van der Waals surface area (Å²) < 4.78 is 0. The standard InChI is InChI=1S/C17H21N3/c1-13(18)17(15-7-4-10-19-12-15)20-11-5-8-14-6-2-3-9-16(14)20/h2-4,6-7,9-10,12-13,17H,5,8,11,18H2,1H3. The van der Waals surface area contributed by atoms with E-state index in [1.807, 2.05) is 18.5 Å². The quantitative estimate of drug-likeness (QED) is 0.929. The fraction of sp³-hybridized carbons (Fsp3) is 0.353. The molecule has 0 aliphatic carbocycles. The summed E-state index contributed by atoms with van der Waals surface area (Å²) in [6, 6.07) is 13.0. The number of para-hydroxylation sites is 1. The van der Waals surface area contributed by atoms with E-state index in [4.69, 9.17) is 5.73 Å². The zero-order chi connectivity index (χ0) is 13.9. The molecule has 0 spiro atoms. The summed E-state index contributed by atoms with van der Waals surface area (Å²) in [6.45, 7) is 3.13. The molecule has 0 saturated heterocycles. The fourth-order valence-electron chi connectivity index (χ4n) is 3.17. The van der Waals surface area contributed by atoms with E-state index in [0.717, 1.165) is 13.0 Å². The first kappa shape index (κ1) is 13.1. The first-order valence-corrected chi connectivity index (χ1v) is 7.27. The van der Waals surface area contributed by atoms with E-state index in [-0.39, 0.29) is 12.1 Å². The predicted molar refractivity (Wildman–Crippen MR) is 82.7 cm³/mol. The Kier molecular flexibility index (Phi) is 3.70. The lowest BCUT2D eigenvalue weighted by molar-refractivity contribution is 0.509. The Morgan fingerprint density at radius 2 is 2.05 bits per heavy atom. The summed E-state index contributed by atoms with van der Waals surface area (Å²) in [7, 11) is 0. The van der Waals surface area contributed by atoms with Gasteiger partial charge >= 0.3 is 0 Å². The molecule has 104 valence electrons. The number of benzene rings is 1. The van der Waals surface area contributed by atoms with Crippen LogP contribution in [0.5, 0.6) is 0 Å². The topological polar surface area (TPSA) is 42.1 Å². The molecule has 3 rings (SSSR count). The Labute approximate surface area is 120 Å². The largest absolute Gasteiger partial charge is 0.363 e. The number of nitrogens with two attached hydrogens (primary N) is 1. The third-order valence-corrected chi connectivity index (χ3v) is 4.01. The number of anilines is 1. The molecule has 3 heteroatoms. The summed E-state index contributed by atoms with van der Waals surface area (Å²) >= 11 is 0. The number of nitrogens with zero attached hydrogens (tertiary/aromatic N) is 2. The first-order chi connectivity index (χ1) is 9.77. The van der Waals surface area contributed by atoms with E-state index >= 15 is 0 Å². The number of pyridine rings is 1. The molecule has 1 aromatic heterocycles. The third-order valence-electron chi connectivity index (χ3n) is 4.01. The summed E-state index contributed by atoms with van der Waals surface area (Å²) in [5.41, 5.74) is 10.2. The van der Waals surface area contributed by atoms with Crippen molar-refractivity contribution < 1.29 is 0 Å². The highest BCUT2D eigenvalue weighted by Gasteiger charge is 2.27. The molecule has 1 aliphatic heterocycles. The van der Waals surface area contributed by atoms with E-state index in [2.05, 4.69) is 47.1 Å². The van der Waals surface area contributed by atoms with Gasteiger partial charge in [-0.15, -0.1) is 0 Å². The molecule has 0 saturated carbocycles. The van der Waals surface area contributed by atoms with Gasteiger partial charge in [0.15, 0.2) is 0 Å². The van der Waals surface area contributed by atoms with Crippen LogP contribution >= 0.6 is 0 Å². The van der Waals surface area contributed by atoms with E-state index in [0.29, 0.717) is 0 Å². The monoisotopic (exact) mass is 267 g/mol.